The molecule has 18 heavy (non-hydrogen) atoms. The second-order valence-corrected chi connectivity index (χ2v) is 4.61. The molecule has 0 saturated carbocycles. The van der Waals surface area contributed by atoms with Crippen LogP contribution in [0.15, 0.2) is 22.8 Å². The lowest BCUT2D eigenvalue weighted by molar-refractivity contribution is 0.0655. The highest BCUT2D eigenvalue weighted by atomic mass is 35.5. The zero-order valence-corrected chi connectivity index (χ0v) is 11.5. The maximum Gasteiger partial charge on any atom is 0.289 e. The van der Waals surface area contributed by atoms with Crippen LogP contribution in [0.4, 0.5) is 0 Å². The topological polar surface area (TPSA) is 45.5 Å². The van der Waals surface area contributed by atoms with Crippen molar-refractivity contribution < 1.29 is 9.21 Å². The number of nitrogens with zero attached hydrogens (tertiary/aromatic N) is 1. The van der Waals surface area contributed by atoms with Crippen LogP contribution < -0.4 is 5.32 Å². The average Bonchev–Trinajstić information content (AvgIpc) is 2.90. The molecule has 0 bridgehead atoms. The summed E-state index contributed by atoms with van der Waals surface area (Å²) in [7, 11) is 1.98. The summed E-state index contributed by atoms with van der Waals surface area (Å²) in [6.45, 7) is 2.78. The Morgan fingerprint density at radius 3 is 2.78 bits per heavy atom. The van der Waals surface area contributed by atoms with Gasteiger partial charge in [-0.15, -0.1) is 12.4 Å². The molecule has 0 atom stereocenters. The van der Waals surface area contributed by atoms with E-state index in [9.17, 15) is 4.79 Å². The summed E-state index contributed by atoms with van der Waals surface area (Å²) in [5.74, 6) is 1.24. The van der Waals surface area contributed by atoms with Crippen LogP contribution in [0.5, 0.6) is 0 Å². The molecule has 0 spiro atoms. The van der Waals surface area contributed by atoms with Crippen LogP contribution in [0.25, 0.3) is 0 Å². The van der Waals surface area contributed by atoms with Gasteiger partial charge in [-0.2, -0.15) is 0 Å². The Morgan fingerprint density at radius 2 is 2.22 bits per heavy atom. The van der Waals surface area contributed by atoms with E-state index in [2.05, 4.69) is 5.32 Å². The number of likely N-dealkylation sites (tertiary alicyclic amines) is 1. The highest BCUT2D eigenvalue weighted by Gasteiger charge is 2.24. The molecule has 1 amide bonds. The summed E-state index contributed by atoms with van der Waals surface area (Å²) in [5, 5.41) is 3.18. The molecule has 2 rings (SSSR count). The first-order chi connectivity index (χ1) is 8.31. The zero-order chi connectivity index (χ0) is 12.1. The van der Waals surface area contributed by atoms with E-state index in [4.69, 9.17) is 4.42 Å². The molecule has 0 aliphatic carbocycles. The van der Waals surface area contributed by atoms with E-state index in [0.29, 0.717) is 5.76 Å². The Hall–Kier alpha value is -1.00. The highest BCUT2D eigenvalue weighted by Crippen LogP contribution is 2.21. The van der Waals surface area contributed by atoms with Gasteiger partial charge in [0, 0.05) is 13.1 Å². The second-order valence-electron chi connectivity index (χ2n) is 4.61. The van der Waals surface area contributed by atoms with E-state index in [0.717, 1.165) is 38.4 Å². The molecule has 1 aliphatic rings. The molecule has 0 unspecified atom stereocenters. The largest absolute Gasteiger partial charge is 0.459 e. The first-order valence-electron chi connectivity index (χ1n) is 6.28. The van der Waals surface area contributed by atoms with Crippen molar-refractivity contribution in [3.8, 4) is 0 Å². The highest BCUT2D eigenvalue weighted by molar-refractivity contribution is 5.91. The number of hydrogen-bond acceptors (Lipinski definition) is 3. The fourth-order valence-corrected chi connectivity index (χ4v) is 2.33. The normalized spacial score (nSPS) is 16.4. The molecule has 1 aromatic heterocycles. The number of carbonyl (C=O) groups is 1. The SMILES string of the molecule is CNCCC1CCN(C(=O)c2ccco2)CC1.Cl. The van der Waals surface area contributed by atoms with Crippen molar-refractivity contribution >= 4 is 18.3 Å². The lowest BCUT2D eigenvalue weighted by atomic mass is 9.93. The van der Waals surface area contributed by atoms with E-state index >= 15 is 0 Å². The molecule has 1 aliphatic heterocycles. The lowest BCUT2D eigenvalue weighted by Gasteiger charge is -2.31. The predicted molar refractivity (Wildman–Crippen MR) is 73.1 cm³/mol. The van der Waals surface area contributed by atoms with Gasteiger partial charge in [0.15, 0.2) is 5.76 Å². The molecular weight excluding hydrogens is 252 g/mol. The van der Waals surface area contributed by atoms with Gasteiger partial charge in [0.25, 0.3) is 5.91 Å². The molecule has 2 heterocycles. The summed E-state index contributed by atoms with van der Waals surface area (Å²) in [4.78, 5) is 13.9. The maximum absolute atomic E-state index is 12.0. The zero-order valence-electron chi connectivity index (χ0n) is 10.7. The summed E-state index contributed by atoms with van der Waals surface area (Å²) in [6.07, 6.45) is 4.97. The molecule has 1 saturated heterocycles. The van der Waals surface area contributed by atoms with Crippen molar-refractivity contribution in [1.82, 2.24) is 10.2 Å². The minimum atomic E-state index is 0. The molecular formula is C13H21ClN2O2. The van der Waals surface area contributed by atoms with Crippen molar-refractivity contribution in [1.29, 1.82) is 0 Å². The minimum Gasteiger partial charge on any atom is -0.459 e. The molecule has 5 heteroatoms. The van der Waals surface area contributed by atoms with Gasteiger partial charge in [-0.3, -0.25) is 4.79 Å². The van der Waals surface area contributed by atoms with Gasteiger partial charge in [-0.05, 0) is 50.9 Å². The Bertz CT molecular complexity index is 346. The third-order valence-corrected chi connectivity index (χ3v) is 3.44. The van der Waals surface area contributed by atoms with Crippen LogP contribution in [0, 0.1) is 5.92 Å². The van der Waals surface area contributed by atoms with E-state index in [1.165, 1.54) is 6.42 Å². The first-order valence-corrected chi connectivity index (χ1v) is 6.28. The second kappa shape index (κ2) is 7.44. The summed E-state index contributed by atoms with van der Waals surface area (Å²) >= 11 is 0. The number of nitrogens with one attached hydrogen (secondary N) is 1. The molecule has 1 N–H and O–H groups in total. The average molecular weight is 273 g/mol. The van der Waals surface area contributed by atoms with Crippen LogP contribution in [0.2, 0.25) is 0 Å². The molecule has 102 valence electrons. The summed E-state index contributed by atoms with van der Waals surface area (Å²) in [6, 6.07) is 3.49. The third-order valence-electron chi connectivity index (χ3n) is 3.44. The van der Waals surface area contributed by atoms with E-state index < -0.39 is 0 Å². The Morgan fingerprint density at radius 1 is 1.50 bits per heavy atom. The number of carbonyl (C=O) groups excluding carboxylic acids is 1. The maximum atomic E-state index is 12.0. The van der Waals surface area contributed by atoms with Crippen LogP contribution in [-0.4, -0.2) is 37.5 Å². The number of furan rings is 1. The van der Waals surface area contributed by atoms with Crippen LogP contribution in [0.1, 0.15) is 29.8 Å². The van der Waals surface area contributed by atoms with Crippen LogP contribution in [0.3, 0.4) is 0 Å². The predicted octanol–water partition coefficient (Wildman–Crippen LogP) is 2.16. The van der Waals surface area contributed by atoms with Gasteiger partial charge >= 0.3 is 0 Å². The number of halogens is 1. The van der Waals surface area contributed by atoms with Crippen LogP contribution >= 0.6 is 12.4 Å². The fraction of sp³-hybridized carbons (Fsp3) is 0.615. The van der Waals surface area contributed by atoms with Crippen molar-refractivity contribution in [2.75, 3.05) is 26.7 Å². The van der Waals surface area contributed by atoms with Crippen molar-refractivity contribution in [2.45, 2.75) is 19.3 Å². The fourth-order valence-electron chi connectivity index (χ4n) is 2.33. The summed E-state index contributed by atoms with van der Waals surface area (Å²) in [5.41, 5.74) is 0. The van der Waals surface area contributed by atoms with Crippen molar-refractivity contribution in [3.05, 3.63) is 24.2 Å². The molecule has 1 aromatic rings. The lowest BCUT2D eigenvalue weighted by Crippen LogP contribution is -2.38. The van der Waals surface area contributed by atoms with E-state index in [1.54, 1.807) is 18.4 Å². The van der Waals surface area contributed by atoms with Gasteiger partial charge in [0.05, 0.1) is 6.26 Å². The number of hydrogen-bond donors (Lipinski definition) is 1. The Labute approximate surface area is 114 Å². The van der Waals surface area contributed by atoms with Gasteiger partial charge in [0.2, 0.25) is 0 Å². The molecule has 4 nitrogen and oxygen atoms in total. The quantitative estimate of drug-likeness (QED) is 0.914. The monoisotopic (exact) mass is 272 g/mol. The smallest absolute Gasteiger partial charge is 0.289 e. The van der Waals surface area contributed by atoms with Crippen molar-refractivity contribution in [3.63, 3.8) is 0 Å². The number of rotatable bonds is 4. The van der Waals surface area contributed by atoms with Gasteiger partial charge < -0.3 is 14.6 Å². The molecule has 1 fully saturated rings. The standard InChI is InChI=1S/C13H20N2O2.ClH/c1-14-7-4-11-5-8-15(9-6-11)13(16)12-3-2-10-17-12;/h2-3,10-11,14H,4-9H2,1H3;1H. The Balaban J connectivity index is 0.00000162. The molecule has 0 aromatic carbocycles. The van der Waals surface area contributed by atoms with Gasteiger partial charge in [-0.25, -0.2) is 0 Å². The van der Waals surface area contributed by atoms with E-state index in [1.807, 2.05) is 11.9 Å². The Kier molecular flexibility index (Phi) is 6.22. The van der Waals surface area contributed by atoms with E-state index in [-0.39, 0.29) is 18.3 Å². The first kappa shape index (κ1) is 15.1. The number of piperidine rings is 1. The third kappa shape index (κ3) is 3.75. The van der Waals surface area contributed by atoms with Gasteiger partial charge in [0.1, 0.15) is 0 Å². The van der Waals surface area contributed by atoms with Crippen LogP contribution in [-0.2, 0) is 0 Å². The van der Waals surface area contributed by atoms with Crippen molar-refractivity contribution in [2.24, 2.45) is 5.92 Å². The van der Waals surface area contributed by atoms with Gasteiger partial charge in [-0.1, -0.05) is 0 Å². The number of amides is 1. The minimum absolute atomic E-state index is 0. The summed E-state index contributed by atoms with van der Waals surface area (Å²) < 4.78 is 5.14. The molecule has 0 radical (unpaired) electrons.